The number of halogens is 4. The summed E-state index contributed by atoms with van der Waals surface area (Å²) >= 11 is 13.6. The van der Waals surface area contributed by atoms with Crippen LogP contribution in [-0.4, -0.2) is 27.3 Å². The Bertz CT molecular complexity index is 12.5. The third kappa shape index (κ3) is 169. The van der Waals surface area contributed by atoms with Gasteiger partial charge in [-0.25, -0.2) is 47.5 Å². The molecule has 0 fully saturated rings. The summed E-state index contributed by atoms with van der Waals surface area (Å²) in [7, 11) is 0. The van der Waals surface area contributed by atoms with Crippen LogP contribution in [0.15, 0.2) is 0 Å². The molecular formula is Cl4O4Pb-4. The number of hydrogen-bond acceptors (Lipinski definition) is 4. The molecule has 0 amide bonds. The minimum Gasteiger partial charge on any atom is -0.769 e. The molecule has 0 aliphatic rings. The fraction of sp³-hybridized carbons (Fsp3) is 0. The summed E-state index contributed by atoms with van der Waals surface area (Å²) < 4.78 is 30.9. The molecule has 0 heterocycles. The summed E-state index contributed by atoms with van der Waals surface area (Å²) in [6, 6.07) is 0. The zero-order valence-corrected chi connectivity index (χ0v) is 10.6. The fourth-order valence-electron chi connectivity index (χ4n) is 0. The van der Waals surface area contributed by atoms with E-state index in [9.17, 15) is 0 Å². The molecule has 0 N–H and O–H groups in total. The first-order valence-corrected chi connectivity index (χ1v) is 1.85. The van der Waals surface area contributed by atoms with Gasteiger partial charge in [0.25, 0.3) is 0 Å². The monoisotopic (exact) mass is 412 g/mol. The van der Waals surface area contributed by atoms with Crippen molar-refractivity contribution in [1.82, 2.24) is 0 Å². The second-order valence-electron chi connectivity index (χ2n) is 0. The maximum atomic E-state index is 7.72. The second-order valence-corrected chi connectivity index (χ2v) is 0. The molecule has 9 heteroatoms. The van der Waals surface area contributed by atoms with Gasteiger partial charge in [-0.15, -0.1) is 0 Å². The molecule has 0 rings (SSSR count). The van der Waals surface area contributed by atoms with Gasteiger partial charge < -0.3 is 18.6 Å². The van der Waals surface area contributed by atoms with E-state index in [2.05, 4.69) is 47.5 Å². The van der Waals surface area contributed by atoms with Crippen LogP contribution in [0.1, 0.15) is 0 Å². The van der Waals surface area contributed by atoms with Gasteiger partial charge in [0.1, 0.15) is 0 Å². The van der Waals surface area contributed by atoms with Gasteiger partial charge in [-0.1, -0.05) is 0 Å². The standard InChI is InChI=1S/4ClO.Pb/c4*1-2;/q4*-1;. The maximum absolute atomic E-state index is 7.72. The third-order valence-corrected chi connectivity index (χ3v) is 0. The molecule has 0 saturated carbocycles. The van der Waals surface area contributed by atoms with E-state index in [1.54, 1.807) is 0 Å². The van der Waals surface area contributed by atoms with E-state index >= 15 is 0 Å². The first-order valence-electron chi connectivity index (χ1n) is 0.617. The van der Waals surface area contributed by atoms with Crippen LogP contribution in [0.3, 0.4) is 0 Å². The second kappa shape index (κ2) is 214. The van der Waals surface area contributed by atoms with Crippen LogP contribution in [0.4, 0.5) is 0 Å². The average Bonchev–Trinajstić information content (AvgIpc) is 2.03. The minimum absolute atomic E-state index is 0. The van der Waals surface area contributed by atoms with E-state index in [1.165, 1.54) is 0 Å². The molecule has 0 aromatic carbocycles. The number of hydrogen-bond donors (Lipinski definition) is 0. The Morgan fingerprint density at radius 1 is 0.444 bits per heavy atom. The van der Waals surface area contributed by atoms with E-state index in [0.29, 0.717) is 0 Å². The quantitative estimate of drug-likeness (QED) is 0.415. The molecule has 0 spiro atoms. The maximum Gasteiger partial charge on any atom is 0 e. The van der Waals surface area contributed by atoms with E-state index in [-0.39, 0.29) is 27.3 Å². The van der Waals surface area contributed by atoms with Gasteiger partial charge >= 0.3 is 0 Å². The van der Waals surface area contributed by atoms with Crippen molar-refractivity contribution in [2.24, 2.45) is 0 Å². The Balaban J connectivity index is -0.00000000762. The molecule has 0 bridgehead atoms. The van der Waals surface area contributed by atoms with Crippen molar-refractivity contribution in [3.8, 4) is 0 Å². The van der Waals surface area contributed by atoms with E-state index in [0.717, 1.165) is 0 Å². The van der Waals surface area contributed by atoms with Crippen molar-refractivity contribution >= 4 is 74.8 Å². The Morgan fingerprint density at radius 3 is 0.444 bits per heavy atom. The first-order chi connectivity index (χ1) is 4.00. The molecule has 0 aromatic rings. The van der Waals surface area contributed by atoms with Crippen LogP contribution in [0.5, 0.6) is 0 Å². The van der Waals surface area contributed by atoms with Crippen LogP contribution < -0.4 is 18.6 Å². The summed E-state index contributed by atoms with van der Waals surface area (Å²) in [6.07, 6.45) is 0. The zero-order valence-electron chi connectivity index (χ0n) is 3.64. The average molecular weight is 413 g/mol. The summed E-state index contributed by atoms with van der Waals surface area (Å²) in [4.78, 5) is 0. The molecule has 60 valence electrons. The molecule has 4 radical (unpaired) electrons. The molecular weight excluding hydrogens is 413 g/mol. The predicted molar refractivity (Wildman–Crippen MR) is 29.2 cm³/mol. The van der Waals surface area contributed by atoms with Crippen LogP contribution in [0, 0.1) is 0 Å². The molecule has 0 saturated heterocycles. The molecule has 4 nitrogen and oxygen atoms in total. The Morgan fingerprint density at radius 2 is 0.444 bits per heavy atom. The van der Waals surface area contributed by atoms with Crippen molar-refractivity contribution in [2.45, 2.75) is 0 Å². The third-order valence-electron chi connectivity index (χ3n) is 0. The Kier molecular flexibility index (Phi) is 728. The zero-order chi connectivity index (χ0) is 8.00. The molecule has 0 unspecified atom stereocenters. The smallest absolute Gasteiger partial charge is 0 e. The van der Waals surface area contributed by atoms with Crippen LogP contribution >= 0.6 is 47.5 Å². The van der Waals surface area contributed by atoms with Crippen molar-refractivity contribution in [1.29, 1.82) is 0 Å². The molecule has 0 aliphatic heterocycles. The Hall–Kier alpha value is 1.92. The van der Waals surface area contributed by atoms with Crippen LogP contribution in [-0.2, 0) is 0 Å². The minimum atomic E-state index is 0. The van der Waals surface area contributed by atoms with E-state index < -0.39 is 0 Å². The van der Waals surface area contributed by atoms with Gasteiger partial charge in [0.15, 0.2) is 0 Å². The van der Waals surface area contributed by atoms with Gasteiger partial charge in [-0.3, -0.25) is 0 Å². The SMILES string of the molecule is [O-]Cl.[O-]Cl.[O-]Cl.[O-]Cl.[Pb]. The van der Waals surface area contributed by atoms with Gasteiger partial charge in [0.05, 0.1) is 0 Å². The first kappa shape index (κ1) is 30.7. The van der Waals surface area contributed by atoms with Crippen molar-refractivity contribution in [3.05, 3.63) is 0 Å². The predicted octanol–water partition coefficient (Wildman–Crippen LogP) is -2.38. The van der Waals surface area contributed by atoms with Gasteiger partial charge in [-0.05, 0) is 0 Å². The number of rotatable bonds is 0. The molecule has 0 aromatic heterocycles. The molecule has 0 atom stereocenters. The van der Waals surface area contributed by atoms with Crippen molar-refractivity contribution in [3.63, 3.8) is 0 Å². The van der Waals surface area contributed by atoms with Crippen LogP contribution in [0.2, 0.25) is 0 Å². The summed E-state index contributed by atoms with van der Waals surface area (Å²) in [6.45, 7) is 0. The summed E-state index contributed by atoms with van der Waals surface area (Å²) in [5.41, 5.74) is 0. The molecule has 0 aliphatic carbocycles. The van der Waals surface area contributed by atoms with E-state index in [1.807, 2.05) is 0 Å². The van der Waals surface area contributed by atoms with Crippen LogP contribution in [0.25, 0.3) is 0 Å². The van der Waals surface area contributed by atoms with Gasteiger partial charge in [-0.2, -0.15) is 0 Å². The van der Waals surface area contributed by atoms with Crippen molar-refractivity contribution < 1.29 is 18.6 Å². The fourth-order valence-corrected chi connectivity index (χ4v) is 0. The molecule has 9 heavy (non-hydrogen) atoms. The largest absolute Gasteiger partial charge is 0.769 e. The summed E-state index contributed by atoms with van der Waals surface area (Å²) in [5.74, 6) is 0. The Labute approximate surface area is 92.8 Å². The topological polar surface area (TPSA) is 92.2 Å². The van der Waals surface area contributed by atoms with E-state index in [4.69, 9.17) is 18.6 Å². The summed E-state index contributed by atoms with van der Waals surface area (Å²) in [5, 5.41) is 0. The van der Waals surface area contributed by atoms with Crippen molar-refractivity contribution in [2.75, 3.05) is 0 Å². The normalized spacial score (nSPS) is 2.67. The van der Waals surface area contributed by atoms with Gasteiger partial charge in [0.2, 0.25) is 0 Å². The van der Waals surface area contributed by atoms with Gasteiger partial charge in [0, 0.05) is 27.3 Å².